The first-order valence-electron chi connectivity index (χ1n) is 6.77. The summed E-state index contributed by atoms with van der Waals surface area (Å²) in [7, 11) is 0. The zero-order valence-electron chi connectivity index (χ0n) is 11.8. The van der Waals surface area contributed by atoms with Crippen molar-refractivity contribution in [2.24, 2.45) is 0 Å². The zero-order valence-corrected chi connectivity index (χ0v) is 13.3. The summed E-state index contributed by atoms with van der Waals surface area (Å²) in [5, 5.41) is 4.63. The molecular formula is C17H16BrN3. The molecule has 1 aromatic heterocycles. The Kier molecular flexibility index (Phi) is 3.80. The molecule has 3 aromatic rings. The Labute approximate surface area is 132 Å². The summed E-state index contributed by atoms with van der Waals surface area (Å²) >= 11 is 3.48. The zero-order chi connectivity index (χ0) is 14.8. The maximum atomic E-state index is 6.10. The summed E-state index contributed by atoms with van der Waals surface area (Å²) in [5.74, 6) is 0.674. The number of rotatable bonds is 3. The Bertz CT molecular complexity index is 777. The second kappa shape index (κ2) is 5.74. The van der Waals surface area contributed by atoms with Gasteiger partial charge < -0.3 is 5.73 Å². The van der Waals surface area contributed by atoms with Gasteiger partial charge in [-0.1, -0.05) is 52.3 Å². The molecule has 0 aliphatic heterocycles. The Balaban J connectivity index is 1.93. The monoisotopic (exact) mass is 341 g/mol. The predicted molar refractivity (Wildman–Crippen MR) is 90.1 cm³/mol. The van der Waals surface area contributed by atoms with Crippen LogP contribution in [0.5, 0.6) is 0 Å². The van der Waals surface area contributed by atoms with Crippen LogP contribution in [0, 0.1) is 6.92 Å². The molecule has 2 aromatic carbocycles. The molecule has 0 atom stereocenters. The van der Waals surface area contributed by atoms with Gasteiger partial charge in [0, 0.05) is 16.1 Å². The van der Waals surface area contributed by atoms with E-state index in [9.17, 15) is 0 Å². The molecule has 21 heavy (non-hydrogen) atoms. The molecule has 0 aliphatic rings. The average molecular weight is 342 g/mol. The van der Waals surface area contributed by atoms with Crippen molar-refractivity contribution in [1.29, 1.82) is 0 Å². The van der Waals surface area contributed by atoms with Crippen molar-refractivity contribution in [2.75, 3.05) is 5.73 Å². The van der Waals surface area contributed by atoms with Gasteiger partial charge in [-0.25, -0.2) is 4.68 Å². The highest BCUT2D eigenvalue weighted by Crippen LogP contribution is 2.24. The first-order valence-corrected chi connectivity index (χ1v) is 7.56. The van der Waals surface area contributed by atoms with Gasteiger partial charge in [0.05, 0.1) is 12.2 Å². The van der Waals surface area contributed by atoms with Crippen molar-refractivity contribution in [2.45, 2.75) is 13.5 Å². The van der Waals surface area contributed by atoms with Crippen molar-refractivity contribution in [3.63, 3.8) is 0 Å². The smallest absolute Gasteiger partial charge is 0.122 e. The van der Waals surface area contributed by atoms with E-state index in [0.29, 0.717) is 12.4 Å². The lowest BCUT2D eigenvalue weighted by atomic mass is 10.1. The average Bonchev–Trinajstić information content (AvgIpc) is 2.83. The highest BCUT2D eigenvalue weighted by molar-refractivity contribution is 9.10. The number of aryl methyl sites for hydroxylation is 1. The number of nitrogens with zero attached hydrogens (tertiary/aromatic N) is 2. The maximum Gasteiger partial charge on any atom is 0.122 e. The quantitative estimate of drug-likeness (QED) is 0.773. The van der Waals surface area contributed by atoms with Gasteiger partial charge >= 0.3 is 0 Å². The lowest BCUT2D eigenvalue weighted by Gasteiger charge is -2.07. The molecule has 0 saturated heterocycles. The summed E-state index contributed by atoms with van der Waals surface area (Å²) < 4.78 is 2.88. The van der Waals surface area contributed by atoms with Crippen LogP contribution in [-0.2, 0) is 6.54 Å². The summed E-state index contributed by atoms with van der Waals surface area (Å²) in [6.45, 7) is 2.79. The van der Waals surface area contributed by atoms with Gasteiger partial charge in [0.15, 0.2) is 0 Å². The van der Waals surface area contributed by atoms with Crippen molar-refractivity contribution >= 4 is 21.7 Å². The second-order valence-electron chi connectivity index (χ2n) is 5.05. The lowest BCUT2D eigenvalue weighted by molar-refractivity contribution is 0.697. The number of hydrogen-bond acceptors (Lipinski definition) is 2. The molecule has 106 valence electrons. The largest absolute Gasteiger partial charge is 0.384 e. The van der Waals surface area contributed by atoms with E-state index in [1.54, 1.807) is 0 Å². The molecule has 0 unspecified atom stereocenters. The second-order valence-corrected chi connectivity index (χ2v) is 5.96. The third kappa shape index (κ3) is 3.00. The summed E-state index contributed by atoms with van der Waals surface area (Å²) in [5.41, 5.74) is 10.5. The van der Waals surface area contributed by atoms with Gasteiger partial charge in [-0.15, -0.1) is 0 Å². The molecule has 3 nitrogen and oxygen atoms in total. The van der Waals surface area contributed by atoms with E-state index in [1.807, 2.05) is 47.1 Å². The van der Waals surface area contributed by atoms with Crippen LogP contribution in [-0.4, -0.2) is 9.78 Å². The van der Waals surface area contributed by atoms with Crippen LogP contribution in [0.3, 0.4) is 0 Å². The van der Waals surface area contributed by atoms with Gasteiger partial charge in [0.25, 0.3) is 0 Å². The third-order valence-corrected chi connectivity index (χ3v) is 4.01. The van der Waals surface area contributed by atoms with Gasteiger partial charge in [0.2, 0.25) is 0 Å². The van der Waals surface area contributed by atoms with Crippen LogP contribution in [0.25, 0.3) is 11.3 Å². The highest BCUT2D eigenvalue weighted by atomic mass is 79.9. The van der Waals surface area contributed by atoms with Crippen molar-refractivity contribution in [3.8, 4) is 11.3 Å². The number of anilines is 1. The number of nitrogen functional groups attached to an aromatic ring is 1. The molecule has 0 amide bonds. The van der Waals surface area contributed by atoms with E-state index >= 15 is 0 Å². The van der Waals surface area contributed by atoms with Crippen LogP contribution in [0.2, 0.25) is 0 Å². The van der Waals surface area contributed by atoms with E-state index < -0.39 is 0 Å². The molecular weight excluding hydrogens is 326 g/mol. The molecule has 0 fully saturated rings. The molecule has 1 heterocycles. The van der Waals surface area contributed by atoms with Crippen LogP contribution < -0.4 is 5.73 Å². The van der Waals surface area contributed by atoms with E-state index in [2.05, 4.69) is 40.1 Å². The molecule has 0 radical (unpaired) electrons. The lowest BCUT2D eigenvalue weighted by Crippen LogP contribution is -2.06. The number of halogens is 1. The molecule has 0 bridgehead atoms. The number of benzene rings is 2. The fourth-order valence-corrected chi connectivity index (χ4v) is 2.69. The number of aromatic nitrogens is 2. The van der Waals surface area contributed by atoms with Crippen LogP contribution in [0.1, 0.15) is 11.1 Å². The third-order valence-electron chi connectivity index (χ3n) is 3.51. The SMILES string of the molecule is Cc1ccccc1Cn1nc(-c2cccc(Br)c2)cc1N. The van der Waals surface area contributed by atoms with Crippen molar-refractivity contribution in [1.82, 2.24) is 9.78 Å². The van der Waals surface area contributed by atoms with Crippen molar-refractivity contribution in [3.05, 3.63) is 70.2 Å². The Morgan fingerprint density at radius 3 is 2.67 bits per heavy atom. The summed E-state index contributed by atoms with van der Waals surface area (Å²) in [6, 6.07) is 18.3. The fourth-order valence-electron chi connectivity index (χ4n) is 2.30. The minimum absolute atomic E-state index is 0.674. The van der Waals surface area contributed by atoms with Gasteiger partial charge in [0.1, 0.15) is 5.82 Å². The first-order chi connectivity index (χ1) is 10.1. The molecule has 0 spiro atoms. The highest BCUT2D eigenvalue weighted by Gasteiger charge is 2.09. The fraction of sp³-hybridized carbons (Fsp3) is 0.118. The molecule has 0 saturated carbocycles. The van der Waals surface area contributed by atoms with Gasteiger partial charge in [-0.05, 0) is 30.2 Å². The van der Waals surface area contributed by atoms with Gasteiger partial charge in [-0.2, -0.15) is 5.10 Å². The van der Waals surface area contributed by atoms with Crippen LogP contribution in [0.4, 0.5) is 5.82 Å². The van der Waals surface area contributed by atoms with Gasteiger partial charge in [-0.3, -0.25) is 0 Å². The normalized spacial score (nSPS) is 10.8. The summed E-state index contributed by atoms with van der Waals surface area (Å²) in [4.78, 5) is 0. The van der Waals surface area contributed by atoms with E-state index in [0.717, 1.165) is 15.7 Å². The minimum Gasteiger partial charge on any atom is -0.384 e. The molecule has 0 aliphatic carbocycles. The Hall–Kier alpha value is -2.07. The van der Waals surface area contributed by atoms with E-state index in [-0.39, 0.29) is 0 Å². The standard InChI is InChI=1S/C17H16BrN3/c1-12-5-2-3-6-14(12)11-21-17(19)10-16(20-21)13-7-4-8-15(18)9-13/h2-10H,11,19H2,1H3. The van der Waals surface area contributed by atoms with E-state index in [4.69, 9.17) is 5.73 Å². The summed E-state index contributed by atoms with van der Waals surface area (Å²) in [6.07, 6.45) is 0. The number of hydrogen-bond donors (Lipinski definition) is 1. The first kappa shape index (κ1) is 13.9. The maximum absolute atomic E-state index is 6.10. The van der Waals surface area contributed by atoms with Crippen LogP contribution in [0.15, 0.2) is 59.1 Å². The number of nitrogens with two attached hydrogens (primary N) is 1. The van der Waals surface area contributed by atoms with Crippen molar-refractivity contribution < 1.29 is 0 Å². The molecule has 3 rings (SSSR count). The molecule has 2 N–H and O–H groups in total. The Morgan fingerprint density at radius 1 is 1.10 bits per heavy atom. The molecule has 4 heteroatoms. The Morgan fingerprint density at radius 2 is 1.90 bits per heavy atom. The topological polar surface area (TPSA) is 43.8 Å². The van der Waals surface area contributed by atoms with E-state index in [1.165, 1.54) is 11.1 Å². The van der Waals surface area contributed by atoms with Crippen LogP contribution >= 0.6 is 15.9 Å². The minimum atomic E-state index is 0.674. The predicted octanol–water partition coefficient (Wildman–Crippen LogP) is 4.25.